The van der Waals surface area contributed by atoms with Crippen LogP contribution < -0.4 is 31.7 Å². The number of carbonyl (C=O) groups excluding carboxylic acids is 6. The topological polar surface area (TPSA) is 279 Å². The summed E-state index contributed by atoms with van der Waals surface area (Å²) in [6.45, 7) is 19.2. The first-order valence-corrected chi connectivity index (χ1v) is 24.7. The molecular formula is C53H82N8O12. The lowest BCUT2D eigenvalue weighted by Crippen LogP contribution is -2.61. The quantitative estimate of drug-likeness (QED) is 0.0603. The molecule has 73 heavy (non-hydrogen) atoms. The van der Waals surface area contributed by atoms with Crippen molar-refractivity contribution in [3.63, 3.8) is 0 Å². The Hall–Kier alpha value is -6.64. The van der Waals surface area contributed by atoms with Gasteiger partial charge in [-0.2, -0.15) is 0 Å². The summed E-state index contributed by atoms with van der Waals surface area (Å²) >= 11 is 0. The number of nitrogens with zero attached hydrogens (tertiary/aromatic N) is 3. The van der Waals surface area contributed by atoms with Crippen molar-refractivity contribution in [3.8, 4) is 5.75 Å². The number of aromatic carboxylic acids is 1. The summed E-state index contributed by atoms with van der Waals surface area (Å²) in [7, 11) is 4.40. The molecule has 5 unspecified atom stereocenters. The Morgan fingerprint density at radius 3 is 1.78 bits per heavy atom. The molecule has 0 aliphatic carbocycles. The molecule has 2 aromatic carbocycles. The van der Waals surface area contributed by atoms with Crippen LogP contribution in [0.3, 0.4) is 0 Å². The normalized spacial score (nSPS) is 14.6. The van der Waals surface area contributed by atoms with Crippen molar-refractivity contribution < 1.29 is 58.0 Å². The molecule has 8 N–H and O–H groups in total. The lowest BCUT2D eigenvalue weighted by molar-refractivity contribution is -0.141. The summed E-state index contributed by atoms with van der Waals surface area (Å²) in [6, 6.07) is 7.37. The molecule has 406 valence electrons. The predicted molar refractivity (Wildman–Crippen MR) is 280 cm³/mol. The highest BCUT2D eigenvalue weighted by Gasteiger charge is 2.36. The van der Waals surface area contributed by atoms with Crippen LogP contribution in [0.1, 0.15) is 95.1 Å². The second kappa shape index (κ2) is 34.7. The molecule has 3 rings (SSSR count). The first-order chi connectivity index (χ1) is 34.6. The van der Waals surface area contributed by atoms with E-state index in [9.17, 15) is 43.5 Å². The Balaban J connectivity index is 0.00000309. The number of methoxy groups -OCH3 is 1. The summed E-state index contributed by atoms with van der Waals surface area (Å²) in [6.07, 6.45) is 6.11. The molecule has 2 aromatic rings. The third kappa shape index (κ3) is 23.6. The summed E-state index contributed by atoms with van der Waals surface area (Å²) in [5, 5.41) is 29.5. The Morgan fingerprint density at radius 1 is 0.808 bits per heavy atom. The highest BCUT2D eigenvalue weighted by molar-refractivity contribution is 5.96. The number of benzene rings is 2. The highest BCUT2D eigenvalue weighted by Crippen LogP contribution is 2.18. The number of likely N-dealkylation sites (N-methyl/N-ethyl adjacent to an activating group) is 2. The van der Waals surface area contributed by atoms with Gasteiger partial charge in [0.25, 0.3) is 5.91 Å². The zero-order valence-electron chi connectivity index (χ0n) is 44.4. The molecule has 6 atom stereocenters. The third-order valence-electron chi connectivity index (χ3n) is 12.0. The largest absolute Gasteiger partial charge is 0.484 e. The monoisotopic (exact) mass is 1020 g/mol. The fourth-order valence-electron chi connectivity index (χ4n) is 7.56. The number of carboxylic acid groups (broad SMARTS) is 2. The minimum absolute atomic E-state index is 0.0274. The van der Waals surface area contributed by atoms with Crippen molar-refractivity contribution in [3.05, 3.63) is 90.2 Å². The van der Waals surface area contributed by atoms with Gasteiger partial charge in [0.2, 0.25) is 23.6 Å². The lowest BCUT2D eigenvalue weighted by atomic mass is 9.96. The molecule has 0 aromatic heterocycles. The molecule has 1 aliphatic heterocycles. The molecule has 0 spiro atoms. The van der Waals surface area contributed by atoms with E-state index in [1.54, 1.807) is 67.1 Å². The Kier molecular flexibility index (Phi) is 30.6. The van der Waals surface area contributed by atoms with Crippen LogP contribution in [0.15, 0.2) is 73.5 Å². The predicted octanol–water partition coefficient (Wildman–Crippen LogP) is 3.18. The maximum atomic E-state index is 14.3. The van der Waals surface area contributed by atoms with E-state index in [2.05, 4.69) is 54.0 Å². The molecule has 1 heterocycles. The fraction of sp³-hybridized carbons (Fsp3) is 0.547. The second-order valence-corrected chi connectivity index (χ2v) is 18.0. The zero-order valence-corrected chi connectivity index (χ0v) is 44.4. The van der Waals surface area contributed by atoms with Gasteiger partial charge in [0, 0.05) is 46.8 Å². The molecule has 0 radical (unpaired) electrons. The van der Waals surface area contributed by atoms with E-state index in [-0.39, 0.29) is 56.3 Å². The molecule has 5 amide bonds. The van der Waals surface area contributed by atoms with Gasteiger partial charge >= 0.3 is 11.9 Å². The fourth-order valence-corrected chi connectivity index (χ4v) is 7.56. The second-order valence-electron chi connectivity index (χ2n) is 18.0. The first-order valence-electron chi connectivity index (χ1n) is 24.7. The van der Waals surface area contributed by atoms with Crippen LogP contribution in [-0.2, 0) is 51.1 Å². The maximum Gasteiger partial charge on any atom is 0.335 e. The third-order valence-corrected chi connectivity index (χ3v) is 12.0. The van der Waals surface area contributed by atoms with Crippen LogP contribution in [-0.4, -0.2) is 170 Å². The molecule has 20 heteroatoms. The number of unbranched alkanes of at least 4 members (excludes halogenated alkanes) is 2. The van der Waals surface area contributed by atoms with Gasteiger partial charge in [-0.1, -0.05) is 89.8 Å². The van der Waals surface area contributed by atoms with E-state index in [0.717, 1.165) is 0 Å². The van der Waals surface area contributed by atoms with E-state index in [1.807, 2.05) is 6.92 Å². The van der Waals surface area contributed by atoms with Gasteiger partial charge in [-0.15, -0.1) is 6.58 Å². The van der Waals surface area contributed by atoms with Gasteiger partial charge in [-0.3, -0.25) is 38.5 Å². The summed E-state index contributed by atoms with van der Waals surface area (Å²) in [4.78, 5) is 109. The van der Waals surface area contributed by atoms with Gasteiger partial charge in [-0.25, -0.2) is 4.79 Å². The van der Waals surface area contributed by atoms with Crippen molar-refractivity contribution in [2.75, 3.05) is 67.1 Å². The van der Waals surface area contributed by atoms with E-state index in [1.165, 1.54) is 63.6 Å². The van der Waals surface area contributed by atoms with E-state index < -0.39 is 71.7 Å². The number of carboxylic acids is 2. The average molecular weight is 1020 g/mol. The number of ketones is 1. The van der Waals surface area contributed by atoms with Crippen LogP contribution in [0.4, 0.5) is 0 Å². The number of aliphatic carboxylic acids is 1. The van der Waals surface area contributed by atoms with Gasteiger partial charge in [0.1, 0.15) is 23.9 Å². The van der Waals surface area contributed by atoms with E-state index >= 15 is 0 Å². The van der Waals surface area contributed by atoms with Crippen LogP contribution in [0.5, 0.6) is 5.75 Å². The minimum Gasteiger partial charge on any atom is -0.484 e. The van der Waals surface area contributed by atoms with Crippen LogP contribution in [0.25, 0.3) is 0 Å². The number of nitrogens with two attached hydrogens (primary N) is 1. The number of hydrogen-bond acceptors (Lipinski definition) is 13. The lowest BCUT2D eigenvalue weighted by Gasteiger charge is -2.33. The minimum atomic E-state index is -1.23. The number of rotatable bonds is 28. The van der Waals surface area contributed by atoms with E-state index in [4.69, 9.17) is 14.6 Å². The Morgan fingerprint density at radius 2 is 1.33 bits per heavy atom. The first kappa shape index (κ1) is 64.4. The number of carbonyl (C=O) groups is 8. The average Bonchev–Trinajstić information content (AvgIpc) is 3.35. The van der Waals surface area contributed by atoms with Crippen molar-refractivity contribution in [2.45, 2.75) is 117 Å². The number of ether oxygens (including phenoxy) is 2. The van der Waals surface area contributed by atoms with Gasteiger partial charge in [0.15, 0.2) is 12.4 Å². The molecule has 0 saturated carbocycles. The number of amides is 5. The number of piperazine rings is 1. The van der Waals surface area contributed by atoms with Gasteiger partial charge < -0.3 is 56.5 Å². The smallest absolute Gasteiger partial charge is 0.335 e. The zero-order chi connectivity index (χ0) is 55.2. The Labute approximate surface area is 431 Å². The van der Waals surface area contributed by atoms with Gasteiger partial charge in [-0.05, 0) is 81.2 Å². The molecule has 0 bridgehead atoms. The highest BCUT2D eigenvalue weighted by atomic mass is 16.5. The van der Waals surface area contributed by atoms with Crippen molar-refractivity contribution in [1.82, 2.24) is 36.0 Å². The van der Waals surface area contributed by atoms with Crippen LogP contribution in [0, 0.1) is 5.92 Å². The molecule has 20 nitrogen and oxygen atoms in total. The standard InChI is InChI=1S/C46H65N7O12.C5H12.C2H5N/c1-9-29(4)41(50-43(59)37(26-64-8)49-42(58)35(47-6)23-31-10-14-33(15-11-31)46(62)63)44(60)48-36(45(61)51(7)38(30(5)54)22-28(2)3)24-32-12-16-34(17-13-32)65-27-39(55)53-20-18-52(19-21-53)25-40(56)57;1-3-5-4-2;1-2-3/h10-17,29,35-38,41,47H,2,9,18-27H2,1,3-8H3,(H,48,60)(H,49,58)(H,50,59)(H,56,57)(H,62,63);3-5H2,1-2H3;2H,1,3H2/t29-,35?,36?,37?,38?,41?;;/m0../s1. The molecule has 1 aliphatic rings. The van der Waals surface area contributed by atoms with Crippen LogP contribution >= 0.6 is 0 Å². The number of nitrogens with one attached hydrogen (secondary N) is 4. The van der Waals surface area contributed by atoms with Crippen molar-refractivity contribution in [2.24, 2.45) is 11.7 Å². The number of Topliss-reactive ketones (excluding diaryl/α,β-unsaturated/α-hetero) is 1. The van der Waals surface area contributed by atoms with E-state index in [0.29, 0.717) is 55.0 Å². The number of hydrogen-bond donors (Lipinski definition) is 7. The molecular weight excluding hydrogens is 941 g/mol. The SMILES string of the molecule is C=C(C)CC(C(C)=O)N(C)C(=O)C(Cc1ccc(OCC(=O)N2CCN(CC(=O)O)CC2)cc1)NC(=O)C(NC(=O)C(COC)NC(=O)C(Cc1ccc(C(=O)O)cc1)NC)[C@@H](C)CC.C=CN.CCCCC. The maximum absolute atomic E-state index is 14.3. The van der Waals surface area contributed by atoms with Crippen molar-refractivity contribution >= 4 is 47.3 Å². The Bertz CT molecular complexity index is 2090. The molecule has 1 fully saturated rings. The van der Waals surface area contributed by atoms with Crippen LogP contribution in [0.2, 0.25) is 0 Å². The van der Waals surface area contributed by atoms with Gasteiger partial charge in [0.05, 0.1) is 30.8 Å². The van der Waals surface area contributed by atoms with Crippen molar-refractivity contribution in [1.29, 1.82) is 0 Å². The molecule has 1 saturated heterocycles. The summed E-state index contributed by atoms with van der Waals surface area (Å²) in [5.74, 6) is -5.12. The summed E-state index contributed by atoms with van der Waals surface area (Å²) < 4.78 is 11.0. The summed E-state index contributed by atoms with van der Waals surface area (Å²) in [5.41, 5.74) is 6.66.